The number of benzene rings is 3. The second-order valence-corrected chi connectivity index (χ2v) is 10.2. The highest BCUT2D eigenvalue weighted by atomic mass is 127. The van der Waals surface area contributed by atoms with E-state index in [0.29, 0.717) is 22.2 Å². The van der Waals surface area contributed by atoms with E-state index in [-0.39, 0.29) is 11.6 Å². The SMILES string of the molecule is Cc1ccccc1COc1c(I)cc(/C=C2\N=C(c3ccc(Cl)cc3Cl)OC2=O)cc1I. The van der Waals surface area contributed by atoms with E-state index in [9.17, 15) is 4.79 Å². The molecule has 0 N–H and O–H groups in total. The number of carbonyl (C=O) groups is 1. The van der Waals surface area contributed by atoms with Crippen LogP contribution in [0.2, 0.25) is 10.0 Å². The van der Waals surface area contributed by atoms with Gasteiger partial charge in [-0.1, -0.05) is 47.5 Å². The number of aryl methyl sites for hydroxylation is 1. The van der Waals surface area contributed by atoms with Crippen LogP contribution in [0.5, 0.6) is 5.75 Å². The van der Waals surface area contributed by atoms with Gasteiger partial charge in [-0.25, -0.2) is 9.79 Å². The van der Waals surface area contributed by atoms with Crippen LogP contribution >= 0.6 is 68.4 Å². The summed E-state index contributed by atoms with van der Waals surface area (Å²) in [7, 11) is 0. The van der Waals surface area contributed by atoms with Gasteiger partial charge in [-0.2, -0.15) is 0 Å². The van der Waals surface area contributed by atoms with Crippen LogP contribution in [0, 0.1) is 14.1 Å². The highest BCUT2D eigenvalue weighted by Crippen LogP contribution is 2.32. The molecule has 0 atom stereocenters. The van der Waals surface area contributed by atoms with Crippen molar-refractivity contribution in [2.45, 2.75) is 13.5 Å². The minimum absolute atomic E-state index is 0.158. The number of carbonyl (C=O) groups excluding carboxylic acids is 1. The molecular formula is C24H15Cl2I2NO3. The largest absolute Gasteiger partial charge is 0.487 e. The first kappa shape index (κ1) is 23.5. The van der Waals surface area contributed by atoms with Crippen molar-refractivity contribution >= 4 is 86.3 Å². The lowest BCUT2D eigenvalue weighted by molar-refractivity contribution is -0.129. The molecule has 162 valence electrons. The van der Waals surface area contributed by atoms with Gasteiger partial charge in [-0.15, -0.1) is 0 Å². The fraction of sp³-hybridized carbons (Fsp3) is 0.0833. The third-order valence-electron chi connectivity index (χ3n) is 4.74. The summed E-state index contributed by atoms with van der Waals surface area (Å²) in [6, 6.07) is 16.9. The Labute approximate surface area is 222 Å². The maximum absolute atomic E-state index is 12.4. The third kappa shape index (κ3) is 5.30. The number of cyclic esters (lactones) is 1. The van der Waals surface area contributed by atoms with Gasteiger partial charge in [0.2, 0.25) is 5.90 Å². The standard InChI is InChI=1S/C24H15Cl2I2NO3/c1-13-4-2-3-5-15(13)12-31-22-19(27)8-14(9-20(22)28)10-21-24(30)32-23(29-21)17-7-6-16(25)11-18(17)26/h2-11H,12H2,1H3/b21-10-. The summed E-state index contributed by atoms with van der Waals surface area (Å²) in [5.74, 6) is 0.434. The molecule has 3 aromatic carbocycles. The van der Waals surface area contributed by atoms with Gasteiger partial charge in [-0.05, 0) is 105 Å². The molecule has 0 spiro atoms. The van der Waals surface area contributed by atoms with Crippen molar-refractivity contribution < 1.29 is 14.3 Å². The van der Waals surface area contributed by atoms with Crippen LogP contribution < -0.4 is 4.74 Å². The summed E-state index contributed by atoms with van der Waals surface area (Å²) in [5.41, 5.74) is 3.86. The zero-order valence-corrected chi connectivity index (χ0v) is 22.5. The number of rotatable bonds is 5. The number of hydrogen-bond acceptors (Lipinski definition) is 4. The molecule has 8 heteroatoms. The van der Waals surface area contributed by atoms with Crippen molar-refractivity contribution in [2.24, 2.45) is 4.99 Å². The highest BCUT2D eigenvalue weighted by molar-refractivity contribution is 14.1. The molecule has 0 fully saturated rings. The number of ether oxygens (including phenoxy) is 2. The van der Waals surface area contributed by atoms with E-state index in [1.807, 2.05) is 24.3 Å². The first-order valence-corrected chi connectivity index (χ1v) is 12.4. The second-order valence-electron chi connectivity index (χ2n) is 6.99. The lowest BCUT2D eigenvalue weighted by Crippen LogP contribution is -2.06. The van der Waals surface area contributed by atoms with Crippen molar-refractivity contribution in [1.82, 2.24) is 0 Å². The third-order valence-corrected chi connectivity index (χ3v) is 6.89. The van der Waals surface area contributed by atoms with Crippen LogP contribution in [0.3, 0.4) is 0 Å². The smallest absolute Gasteiger partial charge is 0.363 e. The van der Waals surface area contributed by atoms with E-state index >= 15 is 0 Å². The molecule has 0 amide bonds. The molecule has 4 rings (SSSR count). The molecule has 0 saturated carbocycles. The van der Waals surface area contributed by atoms with Gasteiger partial charge in [0.05, 0.1) is 17.7 Å². The first-order valence-electron chi connectivity index (χ1n) is 9.46. The molecule has 32 heavy (non-hydrogen) atoms. The molecule has 0 aliphatic carbocycles. The Bertz CT molecular complexity index is 1260. The van der Waals surface area contributed by atoms with Crippen LogP contribution in [-0.2, 0) is 16.1 Å². The number of halogens is 4. The maximum Gasteiger partial charge on any atom is 0.363 e. The topological polar surface area (TPSA) is 47.9 Å². The van der Waals surface area contributed by atoms with Crippen LogP contribution in [0.4, 0.5) is 0 Å². The second kappa shape index (κ2) is 10.1. The van der Waals surface area contributed by atoms with Crippen molar-refractivity contribution in [3.63, 3.8) is 0 Å². The van der Waals surface area contributed by atoms with Gasteiger partial charge < -0.3 is 9.47 Å². The van der Waals surface area contributed by atoms with Gasteiger partial charge in [-0.3, -0.25) is 0 Å². The van der Waals surface area contributed by atoms with Gasteiger partial charge in [0.1, 0.15) is 12.4 Å². The average molecular weight is 690 g/mol. The lowest BCUT2D eigenvalue weighted by atomic mass is 10.1. The first-order chi connectivity index (χ1) is 15.3. The summed E-state index contributed by atoms with van der Waals surface area (Å²) < 4.78 is 13.3. The Morgan fingerprint density at radius 3 is 2.47 bits per heavy atom. The van der Waals surface area contributed by atoms with E-state index in [1.165, 1.54) is 5.56 Å². The minimum Gasteiger partial charge on any atom is -0.487 e. The predicted molar refractivity (Wildman–Crippen MR) is 144 cm³/mol. The van der Waals surface area contributed by atoms with E-state index in [1.54, 1.807) is 24.3 Å². The fourth-order valence-electron chi connectivity index (χ4n) is 3.07. The number of nitrogens with zero attached hydrogens (tertiary/aromatic N) is 1. The van der Waals surface area contributed by atoms with Gasteiger partial charge in [0.15, 0.2) is 5.70 Å². The van der Waals surface area contributed by atoms with Crippen molar-refractivity contribution in [1.29, 1.82) is 0 Å². The van der Waals surface area contributed by atoms with E-state index in [0.717, 1.165) is 24.0 Å². The summed E-state index contributed by atoms with van der Waals surface area (Å²) in [4.78, 5) is 16.7. The molecule has 0 saturated heterocycles. The van der Waals surface area contributed by atoms with E-state index in [4.69, 9.17) is 32.7 Å². The van der Waals surface area contributed by atoms with Crippen LogP contribution in [0.25, 0.3) is 6.08 Å². The lowest BCUT2D eigenvalue weighted by Gasteiger charge is -2.13. The molecule has 4 nitrogen and oxygen atoms in total. The zero-order valence-electron chi connectivity index (χ0n) is 16.7. The van der Waals surface area contributed by atoms with Gasteiger partial charge in [0, 0.05) is 5.02 Å². The number of aliphatic imine (C=N–C) groups is 1. The van der Waals surface area contributed by atoms with E-state index < -0.39 is 5.97 Å². The number of hydrogen-bond donors (Lipinski definition) is 0. The Hall–Kier alpha value is -1.62. The van der Waals surface area contributed by atoms with Crippen molar-refractivity contribution in [2.75, 3.05) is 0 Å². The van der Waals surface area contributed by atoms with E-state index in [2.05, 4.69) is 69.2 Å². The molecule has 1 heterocycles. The molecule has 0 aromatic heterocycles. The molecule has 1 aliphatic heterocycles. The summed E-state index contributed by atoms with van der Waals surface area (Å²) in [6.07, 6.45) is 1.69. The molecule has 0 bridgehead atoms. The Morgan fingerprint density at radius 2 is 1.78 bits per heavy atom. The summed E-state index contributed by atoms with van der Waals surface area (Å²) >= 11 is 16.6. The Balaban J connectivity index is 1.58. The minimum atomic E-state index is -0.532. The monoisotopic (exact) mass is 689 g/mol. The van der Waals surface area contributed by atoms with Gasteiger partial charge in [0.25, 0.3) is 0 Å². The van der Waals surface area contributed by atoms with Gasteiger partial charge >= 0.3 is 5.97 Å². The normalized spacial score (nSPS) is 14.5. The molecule has 3 aromatic rings. The van der Waals surface area contributed by atoms with Crippen molar-refractivity contribution in [3.8, 4) is 5.75 Å². The van der Waals surface area contributed by atoms with Crippen molar-refractivity contribution in [3.05, 3.63) is 99.7 Å². The number of esters is 1. The molecule has 0 radical (unpaired) electrons. The molecule has 1 aliphatic rings. The summed E-state index contributed by atoms with van der Waals surface area (Å²) in [5, 5.41) is 0.859. The Kier molecular flexibility index (Phi) is 7.44. The average Bonchev–Trinajstić information content (AvgIpc) is 3.08. The van der Waals surface area contributed by atoms with Crippen LogP contribution in [0.15, 0.2) is 65.3 Å². The molecular weight excluding hydrogens is 675 g/mol. The summed E-state index contributed by atoms with van der Waals surface area (Å²) in [6.45, 7) is 2.55. The van der Waals surface area contributed by atoms with Crippen LogP contribution in [-0.4, -0.2) is 11.9 Å². The zero-order chi connectivity index (χ0) is 22.8. The quantitative estimate of drug-likeness (QED) is 0.159. The molecule has 0 unspecified atom stereocenters. The Morgan fingerprint density at radius 1 is 1.06 bits per heavy atom. The maximum atomic E-state index is 12.4. The predicted octanol–water partition coefficient (Wildman–Crippen LogP) is 7.43. The van der Waals surface area contributed by atoms with Crippen LogP contribution in [0.1, 0.15) is 22.3 Å². The fourth-order valence-corrected chi connectivity index (χ4v) is 5.68. The highest BCUT2D eigenvalue weighted by Gasteiger charge is 2.26.